The molecule has 0 N–H and O–H groups in total. The van der Waals surface area contributed by atoms with Crippen molar-refractivity contribution in [3.8, 4) is 5.75 Å². The van der Waals surface area contributed by atoms with E-state index in [-0.39, 0.29) is 5.02 Å². The first-order chi connectivity index (χ1) is 8.74. The summed E-state index contributed by atoms with van der Waals surface area (Å²) in [4.78, 5) is 0. The van der Waals surface area contributed by atoms with E-state index in [1.807, 2.05) is 12.1 Å². The van der Waals surface area contributed by atoms with E-state index in [1.165, 1.54) is 23.3 Å². The van der Waals surface area contributed by atoms with Gasteiger partial charge in [0.1, 0.15) is 11.6 Å². The maximum atomic E-state index is 13.2. The quantitative estimate of drug-likeness (QED) is 0.806. The van der Waals surface area contributed by atoms with Crippen molar-refractivity contribution < 1.29 is 9.13 Å². The van der Waals surface area contributed by atoms with Crippen LogP contribution in [0.25, 0.3) is 0 Å². The molecule has 0 fully saturated rings. The zero-order valence-electron chi connectivity index (χ0n) is 9.70. The molecule has 0 aromatic heterocycles. The summed E-state index contributed by atoms with van der Waals surface area (Å²) in [5.74, 6) is 0.504. The van der Waals surface area contributed by atoms with Gasteiger partial charge in [0, 0.05) is 12.0 Å². The summed E-state index contributed by atoms with van der Waals surface area (Å²) in [6.07, 6.45) is 1.03. The van der Waals surface area contributed by atoms with Gasteiger partial charge in [-0.25, -0.2) is 4.39 Å². The largest absolute Gasteiger partial charge is 0.493 e. The van der Waals surface area contributed by atoms with Gasteiger partial charge in [-0.05, 0) is 29.7 Å². The lowest BCUT2D eigenvalue weighted by Crippen LogP contribution is -2.23. The highest BCUT2D eigenvalue weighted by atomic mass is 35.5. The van der Waals surface area contributed by atoms with Crippen molar-refractivity contribution in [1.82, 2.24) is 0 Å². The molecular weight excluding hydrogens is 251 g/mol. The Morgan fingerprint density at radius 3 is 2.83 bits per heavy atom. The van der Waals surface area contributed by atoms with E-state index in [9.17, 15) is 4.39 Å². The Balaban J connectivity index is 1.65. The van der Waals surface area contributed by atoms with Crippen LogP contribution in [-0.2, 0) is 6.42 Å². The molecular formula is C15H12ClFO. The minimum Gasteiger partial charge on any atom is -0.493 e. The Hall–Kier alpha value is -1.54. The second-order valence-corrected chi connectivity index (χ2v) is 4.89. The summed E-state index contributed by atoms with van der Waals surface area (Å²) in [5, 5.41) is 0.122. The first kappa shape index (κ1) is 11.5. The Kier molecular flexibility index (Phi) is 2.96. The highest BCUT2D eigenvalue weighted by Gasteiger charge is 2.25. The van der Waals surface area contributed by atoms with Gasteiger partial charge in [0.25, 0.3) is 0 Å². The molecule has 1 aliphatic rings. The Bertz CT molecular complexity index is 582. The van der Waals surface area contributed by atoms with Gasteiger partial charge in [-0.2, -0.15) is 0 Å². The summed E-state index contributed by atoms with van der Waals surface area (Å²) < 4.78 is 18.8. The van der Waals surface area contributed by atoms with E-state index in [0.717, 1.165) is 6.42 Å². The lowest BCUT2D eigenvalue weighted by Gasteiger charge is -2.29. The van der Waals surface area contributed by atoms with Gasteiger partial charge in [0.05, 0.1) is 11.6 Å². The fourth-order valence-electron chi connectivity index (χ4n) is 2.27. The number of fused-ring (bicyclic) bond motifs is 1. The molecule has 0 saturated heterocycles. The number of benzene rings is 2. The van der Waals surface area contributed by atoms with Gasteiger partial charge >= 0.3 is 0 Å². The van der Waals surface area contributed by atoms with Crippen LogP contribution in [0.15, 0.2) is 42.5 Å². The Morgan fingerprint density at radius 1 is 1.22 bits per heavy atom. The molecule has 2 aromatic rings. The van der Waals surface area contributed by atoms with Crippen LogP contribution < -0.4 is 4.74 Å². The molecule has 0 amide bonds. The van der Waals surface area contributed by atoms with Gasteiger partial charge in [-0.15, -0.1) is 0 Å². The average Bonchev–Trinajstić information content (AvgIpc) is 2.35. The summed E-state index contributed by atoms with van der Waals surface area (Å²) >= 11 is 5.62. The smallest absolute Gasteiger partial charge is 0.145 e. The van der Waals surface area contributed by atoms with Crippen molar-refractivity contribution in [3.05, 3.63) is 64.4 Å². The summed E-state index contributed by atoms with van der Waals surface area (Å²) in [6.45, 7) is 0.581. The van der Waals surface area contributed by atoms with E-state index in [4.69, 9.17) is 16.3 Å². The third-order valence-electron chi connectivity index (χ3n) is 3.30. The van der Waals surface area contributed by atoms with Crippen LogP contribution >= 0.6 is 11.6 Å². The topological polar surface area (TPSA) is 9.23 Å². The molecule has 0 bridgehead atoms. The van der Waals surface area contributed by atoms with E-state index >= 15 is 0 Å². The first-order valence-electron chi connectivity index (χ1n) is 5.89. The van der Waals surface area contributed by atoms with Crippen molar-refractivity contribution in [2.75, 3.05) is 6.61 Å². The van der Waals surface area contributed by atoms with Crippen LogP contribution in [0, 0.1) is 5.82 Å². The molecule has 18 heavy (non-hydrogen) atoms. The fraction of sp³-hybridized carbons (Fsp3) is 0.200. The zero-order chi connectivity index (χ0) is 12.5. The summed E-state index contributed by atoms with van der Waals surface area (Å²) in [6, 6.07) is 12.9. The van der Waals surface area contributed by atoms with Crippen LogP contribution in [-0.4, -0.2) is 6.61 Å². The maximum absolute atomic E-state index is 13.2. The van der Waals surface area contributed by atoms with Crippen molar-refractivity contribution in [3.63, 3.8) is 0 Å². The molecule has 2 aromatic carbocycles. The van der Waals surface area contributed by atoms with E-state index in [0.29, 0.717) is 18.3 Å². The number of halogens is 2. The molecule has 3 rings (SSSR count). The molecule has 3 heteroatoms. The molecule has 0 spiro atoms. The zero-order valence-corrected chi connectivity index (χ0v) is 10.5. The average molecular weight is 263 g/mol. The normalized spacial score (nSPS) is 16.9. The predicted molar refractivity (Wildman–Crippen MR) is 69.8 cm³/mol. The predicted octanol–water partition coefficient (Wildman–Crippen LogP) is 4.20. The van der Waals surface area contributed by atoms with Crippen molar-refractivity contribution in [2.24, 2.45) is 0 Å². The van der Waals surface area contributed by atoms with Crippen LogP contribution in [0.1, 0.15) is 17.0 Å². The molecule has 1 atom stereocenters. The third-order valence-corrected chi connectivity index (χ3v) is 3.61. The van der Waals surface area contributed by atoms with Gasteiger partial charge in [0.2, 0.25) is 0 Å². The Morgan fingerprint density at radius 2 is 2.06 bits per heavy atom. The molecule has 0 radical (unpaired) electrons. The second-order valence-electron chi connectivity index (χ2n) is 4.49. The highest BCUT2D eigenvalue weighted by Crippen LogP contribution is 2.35. The second kappa shape index (κ2) is 4.62. The number of rotatable bonds is 3. The van der Waals surface area contributed by atoms with Crippen LogP contribution in [0.3, 0.4) is 0 Å². The van der Waals surface area contributed by atoms with Gasteiger partial charge in [-0.1, -0.05) is 35.9 Å². The van der Waals surface area contributed by atoms with Gasteiger partial charge in [0.15, 0.2) is 0 Å². The van der Waals surface area contributed by atoms with Crippen LogP contribution in [0.5, 0.6) is 5.75 Å². The summed E-state index contributed by atoms with van der Waals surface area (Å²) in [5.41, 5.74) is 2.72. The standard InChI is InChI=1S/C15H12ClFO/c16-14-6-5-12(8-15(14)17)18-9-11-7-10-3-1-2-4-13(10)11/h1-6,8,11H,7,9H2. The minimum absolute atomic E-state index is 0.122. The van der Waals surface area contributed by atoms with Gasteiger partial charge < -0.3 is 4.74 Å². The minimum atomic E-state index is -0.442. The third kappa shape index (κ3) is 2.08. The monoisotopic (exact) mass is 262 g/mol. The molecule has 0 saturated carbocycles. The van der Waals surface area contributed by atoms with Crippen molar-refractivity contribution in [1.29, 1.82) is 0 Å². The number of ether oxygens (including phenoxy) is 1. The summed E-state index contributed by atoms with van der Waals surface area (Å²) in [7, 11) is 0. The fourth-order valence-corrected chi connectivity index (χ4v) is 2.39. The van der Waals surface area contributed by atoms with Gasteiger partial charge in [-0.3, -0.25) is 0 Å². The molecule has 1 unspecified atom stereocenters. The molecule has 1 nitrogen and oxygen atoms in total. The number of hydrogen-bond donors (Lipinski definition) is 0. The Labute approximate surface area is 110 Å². The van der Waals surface area contributed by atoms with Crippen LogP contribution in [0.2, 0.25) is 5.02 Å². The molecule has 92 valence electrons. The van der Waals surface area contributed by atoms with Crippen molar-refractivity contribution in [2.45, 2.75) is 12.3 Å². The van der Waals surface area contributed by atoms with E-state index in [2.05, 4.69) is 12.1 Å². The first-order valence-corrected chi connectivity index (χ1v) is 6.27. The van der Waals surface area contributed by atoms with Crippen LogP contribution in [0.4, 0.5) is 4.39 Å². The molecule has 1 aliphatic carbocycles. The lowest BCUT2D eigenvalue weighted by atomic mass is 9.78. The lowest BCUT2D eigenvalue weighted by molar-refractivity contribution is 0.274. The SMILES string of the molecule is Fc1cc(OCC2Cc3ccccc32)ccc1Cl. The van der Waals surface area contributed by atoms with E-state index < -0.39 is 5.82 Å². The van der Waals surface area contributed by atoms with Crippen molar-refractivity contribution >= 4 is 11.6 Å². The molecule has 0 heterocycles. The number of hydrogen-bond acceptors (Lipinski definition) is 1. The molecule has 0 aliphatic heterocycles. The maximum Gasteiger partial charge on any atom is 0.145 e. The highest BCUT2D eigenvalue weighted by molar-refractivity contribution is 6.30. The van der Waals surface area contributed by atoms with E-state index in [1.54, 1.807) is 6.07 Å².